The van der Waals surface area contributed by atoms with E-state index in [0.717, 1.165) is 35.4 Å². The van der Waals surface area contributed by atoms with Crippen LogP contribution in [-0.2, 0) is 17.6 Å². The van der Waals surface area contributed by atoms with Crippen LogP contribution in [0.25, 0.3) is 0 Å². The van der Waals surface area contributed by atoms with Crippen LogP contribution >= 0.6 is 0 Å². The molecule has 0 spiro atoms. The van der Waals surface area contributed by atoms with E-state index in [2.05, 4.69) is 5.32 Å². The minimum Gasteiger partial charge on any atom is -0.492 e. The molecule has 5 heteroatoms. The number of carbonyl (C=O) groups is 2. The molecule has 5 nitrogen and oxygen atoms in total. The van der Waals surface area contributed by atoms with Gasteiger partial charge < -0.3 is 15.0 Å². The third-order valence-corrected chi connectivity index (χ3v) is 5.41. The second-order valence-corrected chi connectivity index (χ2v) is 7.84. The van der Waals surface area contributed by atoms with Gasteiger partial charge in [-0.1, -0.05) is 24.3 Å². The number of nitrogens with one attached hydrogen (secondary N) is 1. The Hall–Kier alpha value is -2.82. The van der Waals surface area contributed by atoms with Crippen molar-refractivity contribution in [1.29, 1.82) is 0 Å². The summed E-state index contributed by atoms with van der Waals surface area (Å²) in [5.74, 6) is 0.681. The molecule has 2 aromatic carbocycles. The van der Waals surface area contributed by atoms with Gasteiger partial charge in [-0.3, -0.25) is 9.59 Å². The van der Waals surface area contributed by atoms with Gasteiger partial charge in [-0.25, -0.2) is 0 Å². The van der Waals surface area contributed by atoms with E-state index in [1.54, 1.807) is 0 Å². The summed E-state index contributed by atoms with van der Waals surface area (Å²) in [6, 6.07) is 13.6. The Labute approximate surface area is 165 Å². The number of para-hydroxylation sites is 1. The summed E-state index contributed by atoms with van der Waals surface area (Å²) in [6.07, 6.45) is 2.36. The first kappa shape index (κ1) is 18.5. The van der Waals surface area contributed by atoms with E-state index in [1.165, 1.54) is 0 Å². The van der Waals surface area contributed by atoms with Crippen molar-refractivity contribution in [3.63, 3.8) is 0 Å². The van der Waals surface area contributed by atoms with E-state index in [4.69, 9.17) is 4.74 Å². The molecule has 0 saturated carbocycles. The van der Waals surface area contributed by atoms with Gasteiger partial charge in [-0.15, -0.1) is 0 Å². The van der Waals surface area contributed by atoms with Crippen LogP contribution in [0.5, 0.6) is 5.75 Å². The van der Waals surface area contributed by atoms with Gasteiger partial charge in [-0.05, 0) is 62.4 Å². The van der Waals surface area contributed by atoms with Crippen molar-refractivity contribution >= 4 is 17.5 Å². The minimum absolute atomic E-state index is 0.0731. The number of anilines is 1. The molecule has 2 amide bonds. The summed E-state index contributed by atoms with van der Waals surface area (Å²) in [7, 11) is 0. The summed E-state index contributed by atoms with van der Waals surface area (Å²) in [4.78, 5) is 27.8. The van der Waals surface area contributed by atoms with Gasteiger partial charge >= 0.3 is 0 Å². The molecule has 2 aliphatic rings. The normalized spacial score (nSPS) is 18.1. The van der Waals surface area contributed by atoms with Crippen molar-refractivity contribution in [2.45, 2.75) is 39.2 Å². The van der Waals surface area contributed by atoms with Gasteiger partial charge in [0.05, 0.1) is 5.92 Å². The first-order chi connectivity index (χ1) is 13.5. The average Bonchev–Trinajstić information content (AvgIpc) is 2.71. The SMILES string of the molecule is CC(C)NC(=O)c1cccc2c1CCCN2C(=O)[C@H]1COc2ccccc2C1. The zero-order valence-corrected chi connectivity index (χ0v) is 16.4. The highest BCUT2D eigenvalue weighted by molar-refractivity contribution is 6.01. The van der Waals surface area contributed by atoms with Crippen LogP contribution in [-0.4, -0.2) is 31.0 Å². The number of rotatable bonds is 3. The van der Waals surface area contributed by atoms with Gasteiger partial charge in [0.25, 0.3) is 5.91 Å². The maximum atomic E-state index is 13.3. The molecule has 146 valence electrons. The molecule has 0 radical (unpaired) electrons. The average molecular weight is 378 g/mol. The van der Waals surface area contributed by atoms with Crippen molar-refractivity contribution in [1.82, 2.24) is 5.32 Å². The lowest BCUT2D eigenvalue weighted by molar-refractivity contribution is -0.123. The summed E-state index contributed by atoms with van der Waals surface area (Å²) in [5, 5.41) is 2.97. The maximum Gasteiger partial charge on any atom is 0.251 e. The van der Waals surface area contributed by atoms with Crippen molar-refractivity contribution in [3.8, 4) is 5.75 Å². The first-order valence-electron chi connectivity index (χ1n) is 9.99. The van der Waals surface area contributed by atoms with Crippen LogP contribution in [0.15, 0.2) is 42.5 Å². The molecule has 2 heterocycles. The Bertz CT molecular complexity index is 906. The van der Waals surface area contributed by atoms with E-state index in [1.807, 2.05) is 61.2 Å². The topological polar surface area (TPSA) is 58.6 Å². The molecule has 0 aliphatic carbocycles. The zero-order chi connectivity index (χ0) is 19.7. The number of fused-ring (bicyclic) bond motifs is 2. The Morgan fingerprint density at radius 2 is 1.96 bits per heavy atom. The van der Waals surface area contributed by atoms with Crippen LogP contribution in [0.2, 0.25) is 0 Å². The van der Waals surface area contributed by atoms with Crippen LogP contribution in [0.4, 0.5) is 5.69 Å². The van der Waals surface area contributed by atoms with Crippen LogP contribution in [0, 0.1) is 5.92 Å². The number of amides is 2. The van der Waals surface area contributed by atoms with E-state index < -0.39 is 0 Å². The summed E-state index contributed by atoms with van der Waals surface area (Å²) < 4.78 is 5.83. The number of nitrogens with zero attached hydrogens (tertiary/aromatic N) is 1. The van der Waals surface area contributed by atoms with Crippen molar-refractivity contribution in [3.05, 3.63) is 59.2 Å². The summed E-state index contributed by atoms with van der Waals surface area (Å²) >= 11 is 0. The molecule has 1 N–H and O–H groups in total. The first-order valence-corrected chi connectivity index (χ1v) is 9.99. The zero-order valence-electron chi connectivity index (χ0n) is 16.4. The number of carbonyl (C=O) groups excluding carboxylic acids is 2. The van der Waals surface area contributed by atoms with Crippen molar-refractivity contribution < 1.29 is 14.3 Å². The van der Waals surface area contributed by atoms with E-state index in [-0.39, 0.29) is 23.8 Å². The number of hydrogen-bond donors (Lipinski definition) is 1. The predicted octanol–water partition coefficient (Wildman–Crippen LogP) is 3.36. The van der Waals surface area contributed by atoms with E-state index in [0.29, 0.717) is 25.1 Å². The minimum atomic E-state index is -0.200. The fraction of sp³-hybridized carbons (Fsp3) is 0.391. The maximum absolute atomic E-state index is 13.3. The second kappa shape index (κ2) is 7.66. The molecule has 2 aromatic rings. The highest BCUT2D eigenvalue weighted by Crippen LogP contribution is 2.33. The molecule has 2 aliphatic heterocycles. The third-order valence-electron chi connectivity index (χ3n) is 5.41. The molecule has 28 heavy (non-hydrogen) atoms. The highest BCUT2D eigenvalue weighted by atomic mass is 16.5. The Morgan fingerprint density at radius 1 is 1.14 bits per heavy atom. The molecule has 0 unspecified atom stereocenters. The number of hydrogen-bond acceptors (Lipinski definition) is 3. The lowest BCUT2D eigenvalue weighted by Crippen LogP contribution is -2.44. The highest BCUT2D eigenvalue weighted by Gasteiger charge is 2.33. The molecule has 4 rings (SSSR count). The van der Waals surface area contributed by atoms with Crippen LogP contribution < -0.4 is 15.0 Å². The van der Waals surface area contributed by atoms with Crippen molar-refractivity contribution in [2.24, 2.45) is 5.92 Å². The smallest absolute Gasteiger partial charge is 0.251 e. The molecule has 0 bridgehead atoms. The standard InChI is InChI=1S/C23H26N2O3/c1-15(2)24-22(26)19-8-5-10-20-18(19)9-6-12-25(20)23(27)17-13-16-7-3-4-11-21(16)28-14-17/h3-5,7-8,10-11,15,17H,6,9,12-14H2,1-2H3,(H,24,26)/t17-/m1/s1. The molecule has 0 aromatic heterocycles. The van der Waals surface area contributed by atoms with Gasteiger partial charge in [0.15, 0.2) is 0 Å². The Kier molecular flexibility index (Phi) is 5.07. The Morgan fingerprint density at radius 3 is 2.79 bits per heavy atom. The summed E-state index contributed by atoms with van der Waals surface area (Å²) in [5.41, 5.74) is 3.59. The number of benzene rings is 2. The predicted molar refractivity (Wildman–Crippen MR) is 109 cm³/mol. The van der Waals surface area contributed by atoms with Gasteiger partial charge in [0, 0.05) is 23.8 Å². The summed E-state index contributed by atoms with van der Waals surface area (Å²) in [6.45, 7) is 4.97. The second-order valence-electron chi connectivity index (χ2n) is 7.84. The molecule has 0 saturated heterocycles. The molecule has 1 atom stereocenters. The van der Waals surface area contributed by atoms with Crippen LogP contribution in [0.3, 0.4) is 0 Å². The lowest BCUT2D eigenvalue weighted by Gasteiger charge is -2.34. The third kappa shape index (κ3) is 3.49. The lowest BCUT2D eigenvalue weighted by atomic mass is 9.92. The van der Waals surface area contributed by atoms with E-state index >= 15 is 0 Å². The fourth-order valence-electron chi connectivity index (χ4n) is 4.11. The van der Waals surface area contributed by atoms with Gasteiger partial charge in [0.1, 0.15) is 12.4 Å². The van der Waals surface area contributed by atoms with E-state index in [9.17, 15) is 9.59 Å². The largest absolute Gasteiger partial charge is 0.492 e. The number of ether oxygens (including phenoxy) is 1. The fourth-order valence-corrected chi connectivity index (χ4v) is 4.11. The molecular weight excluding hydrogens is 352 g/mol. The van der Waals surface area contributed by atoms with Crippen molar-refractivity contribution in [2.75, 3.05) is 18.1 Å². The quantitative estimate of drug-likeness (QED) is 0.891. The molecule has 0 fully saturated rings. The molecular formula is C23H26N2O3. The van der Waals surface area contributed by atoms with Gasteiger partial charge in [-0.2, -0.15) is 0 Å². The van der Waals surface area contributed by atoms with Crippen LogP contribution in [0.1, 0.15) is 41.8 Å². The monoisotopic (exact) mass is 378 g/mol. The van der Waals surface area contributed by atoms with Gasteiger partial charge in [0.2, 0.25) is 5.91 Å². The Balaban J connectivity index is 1.60.